The molecule has 0 aliphatic heterocycles. The molecule has 0 spiro atoms. The zero-order valence-electron chi connectivity index (χ0n) is 15.0. The molecule has 8 nitrogen and oxygen atoms in total. The molecule has 2 amide bonds. The summed E-state index contributed by atoms with van der Waals surface area (Å²) in [6.45, 7) is 0.234. The van der Waals surface area contributed by atoms with Gasteiger partial charge in [0.25, 0.3) is 11.5 Å². The van der Waals surface area contributed by atoms with Crippen LogP contribution in [-0.4, -0.2) is 26.8 Å². The summed E-state index contributed by atoms with van der Waals surface area (Å²) in [4.78, 5) is 49.1. The normalized spacial score (nSPS) is 13.4. The number of primary amides is 1. The maximum Gasteiger partial charge on any atom is 0.268 e. The maximum absolute atomic E-state index is 12.5. The fraction of sp³-hybridized carbons (Fsp3) is 0.389. The number of fused-ring (bicyclic) bond motifs is 3. The van der Waals surface area contributed by atoms with Crippen molar-refractivity contribution in [2.45, 2.75) is 45.1 Å². The number of carbonyl (C=O) groups excluding carboxylic acids is 2. The first-order chi connectivity index (χ1) is 13.5. The number of aromatic nitrogens is 3. The van der Waals surface area contributed by atoms with E-state index in [1.165, 1.54) is 16.2 Å². The van der Waals surface area contributed by atoms with E-state index in [-0.39, 0.29) is 30.1 Å². The Bertz CT molecular complexity index is 1110. The Labute approximate surface area is 168 Å². The number of carbonyl (C=O) groups is 2. The number of rotatable bonds is 6. The van der Waals surface area contributed by atoms with E-state index in [9.17, 15) is 14.4 Å². The number of thiophene rings is 1. The predicted molar refractivity (Wildman–Crippen MR) is 108 cm³/mol. The average molecular weight is 418 g/mol. The van der Waals surface area contributed by atoms with Crippen LogP contribution in [0.5, 0.6) is 0 Å². The number of thiazole rings is 1. The Morgan fingerprint density at radius 1 is 1.25 bits per heavy atom. The Morgan fingerprint density at radius 2 is 2.07 bits per heavy atom. The summed E-state index contributed by atoms with van der Waals surface area (Å²) < 4.78 is 0. The molecule has 0 saturated carbocycles. The van der Waals surface area contributed by atoms with E-state index in [4.69, 9.17) is 5.73 Å². The number of aromatic amines is 1. The molecule has 28 heavy (non-hydrogen) atoms. The average Bonchev–Trinajstić information content (AvgIpc) is 3.29. The third-order valence-corrected chi connectivity index (χ3v) is 6.74. The Hall–Kier alpha value is -2.59. The third-order valence-electron chi connectivity index (χ3n) is 4.70. The molecule has 3 heterocycles. The topological polar surface area (TPSA) is 131 Å². The van der Waals surface area contributed by atoms with Crippen molar-refractivity contribution in [3.05, 3.63) is 42.7 Å². The van der Waals surface area contributed by atoms with E-state index >= 15 is 0 Å². The summed E-state index contributed by atoms with van der Waals surface area (Å²) in [5.41, 5.74) is 6.40. The second kappa shape index (κ2) is 7.80. The third kappa shape index (κ3) is 3.83. The quantitative estimate of drug-likeness (QED) is 0.561. The Kier molecular flexibility index (Phi) is 5.23. The predicted octanol–water partition coefficient (Wildman–Crippen LogP) is 1.67. The minimum Gasteiger partial charge on any atom is -0.364 e. The van der Waals surface area contributed by atoms with Gasteiger partial charge in [-0.3, -0.25) is 14.4 Å². The van der Waals surface area contributed by atoms with Crippen LogP contribution in [0.3, 0.4) is 0 Å². The molecule has 3 aromatic rings. The molecule has 3 aromatic heterocycles. The fourth-order valence-corrected chi connectivity index (χ4v) is 5.33. The first-order valence-corrected chi connectivity index (χ1v) is 10.7. The number of nitrogens with zero attached hydrogens (tertiary/aromatic N) is 2. The lowest BCUT2D eigenvalue weighted by Gasteiger charge is -2.09. The van der Waals surface area contributed by atoms with E-state index in [0.29, 0.717) is 17.3 Å². The summed E-state index contributed by atoms with van der Waals surface area (Å²) in [5.74, 6) is -0.241. The highest BCUT2D eigenvalue weighted by Crippen LogP contribution is 2.33. The standard InChI is InChI=1S/C18H19N5O3S2/c19-16(25)10-8-27-14(21-10)7-20-13(24)6-5-12-22-17(26)15-9-3-1-2-4-11(9)28-18(15)23-12/h8H,1-7H2,(H2,19,25)(H,20,24)(H,22,23,26). The molecule has 10 heteroatoms. The van der Waals surface area contributed by atoms with Gasteiger partial charge in [0.15, 0.2) is 0 Å². The highest BCUT2D eigenvalue weighted by molar-refractivity contribution is 7.18. The lowest BCUT2D eigenvalue weighted by molar-refractivity contribution is -0.121. The van der Waals surface area contributed by atoms with Crippen molar-refractivity contribution in [3.8, 4) is 0 Å². The number of nitrogens with one attached hydrogen (secondary N) is 2. The van der Waals surface area contributed by atoms with Crippen LogP contribution in [0, 0.1) is 0 Å². The van der Waals surface area contributed by atoms with Gasteiger partial charge in [-0.25, -0.2) is 9.97 Å². The molecule has 0 unspecified atom stereocenters. The largest absolute Gasteiger partial charge is 0.364 e. The van der Waals surface area contributed by atoms with Crippen LogP contribution in [0.2, 0.25) is 0 Å². The van der Waals surface area contributed by atoms with Gasteiger partial charge in [0.05, 0.1) is 11.9 Å². The minimum absolute atomic E-state index is 0.110. The zero-order chi connectivity index (χ0) is 19.7. The molecule has 0 saturated heterocycles. The number of H-pyrrole nitrogens is 1. The van der Waals surface area contributed by atoms with Crippen molar-refractivity contribution in [1.29, 1.82) is 0 Å². The van der Waals surface area contributed by atoms with Gasteiger partial charge in [-0.2, -0.15) is 0 Å². The summed E-state index contributed by atoms with van der Waals surface area (Å²) in [7, 11) is 0. The van der Waals surface area contributed by atoms with E-state index in [1.54, 1.807) is 16.7 Å². The number of nitrogens with two attached hydrogens (primary N) is 1. The Morgan fingerprint density at radius 3 is 2.86 bits per heavy atom. The molecule has 0 atom stereocenters. The number of hydrogen-bond donors (Lipinski definition) is 3. The molecule has 146 valence electrons. The molecule has 4 rings (SSSR count). The van der Waals surface area contributed by atoms with Crippen molar-refractivity contribution < 1.29 is 9.59 Å². The van der Waals surface area contributed by atoms with Gasteiger partial charge in [-0.15, -0.1) is 22.7 Å². The fourth-order valence-electron chi connectivity index (χ4n) is 3.33. The van der Waals surface area contributed by atoms with Crippen molar-refractivity contribution >= 4 is 44.7 Å². The Balaban J connectivity index is 1.38. The molecule has 0 fully saturated rings. The zero-order valence-corrected chi connectivity index (χ0v) is 16.7. The number of amides is 2. The van der Waals surface area contributed by atoms with Gasteiger partial charge in [0.1, 0.15) is 21.4 Å². The van der Waals surface area contributed by atoms with Gasteiger partial charge in [0.2, 0.25) is 5.91 Å². The van der Waals surface area contributed by atoms with Crippen molar-refractivity contribution in [3.63, 3.8) is 0 Å². The lowest BCUT2D eigenvalue weighted by atomic mass is 9.97. The first-order valence-electron chi connectivity index (χ1n) is 9.05. The first kappa shape index (κ1) is 18.8. The second-order valence-corrected chi connectivity index (χ2v) is 8.70. The van der Waals surface area contributed by atoms with Crippen LogP contribution >= 0.6 is 22.7 Å². The molecule has 1 aliphatic carbocycles. The molecular formula is C18H19N5O3S2. The van der Waals surface area contributed by atoms with Gasteiger partial charge in [-0.1, -0.05) is 0 Å². The monoisotopic (exact) mass is 417 g/mol. The van der Waals surface area contributed by atoms with Crippen LogP contribution in [0.25, 0.3) is 10.2 Å². The SMILES string of the molecule is NC(=O)c1csc(CNC(=O)CCc2nc3sc4c(c3c(=O)[nH]2)CCCC4)n1. The van der Waals surface area contributed by atoms with Crippen LogP contribution < -0.4 is 16.6 Å². The van der Waals surface area contributed by atoms with Gasteiger partial charge >= 0.3 is 0 Å². The second-order valence-electron chi connectivity index (χ2n) is 6.67. The smallest absolute Gasteiger partial charge is 0.268 e. The molecule has 4 N–H and O–H groups in total. The lowest BCUT2D eigenvalue weighted by Crippen LogP contribution is -2.24. The molecule has 0 radical (unpaired) electrons. The summed E-state index contributed by atoms with van der Waals surface area (Å²) in [5, 5.41) is 5.65. The van der Waals surface area contributed by atoms with Gasteiger partial charge < -0.3 is 16.0 Å². The van der Waals surface area contributed by atoms with E-state index in [1.807, 2.05) is 0 Å². The maximum atomic E-state index is 12.5. The number of hydrogen-bond acceptors (Lipinski definition) is 7. The summed E-state index contributed by atoms with van der Waals surface area (Å²) in [6.07, 6.45) is 4.78. The number of aryl methyl sites for hydroxylation is 3. The molecule has 0 bridgehead atoms. The highest BCUT2D eigenvalue weighted by Gasteiger charge is 2.20. The van der Waals surface area contributed by atoms with Crippen molar-refractivity contribution in [2.75, 3.05) is 0 Å². The summed E-state index contributed by atoms with van der Waals surface area (Å²) in [6, 6.07) is 0. The highest BCUT2D eigenvalue weighted by atomic mass is 32.1. The van der Waals surface area contributed by atoms with Gasteiger partial charge in [-0.05, 0) is 31.2 Å². The van der Waals surface area contributed by atoms with Crippen molar-refractivity contribution in [2.24, 2.45) is 5.73 Å². The van der Waals surface area contributed by atoms with E-state index in [0.717, 1.165) is 41.5 Å². The van der Waals surface area contributed by atoms with Gasteiger partial charge in [0, 0.05) is 23.1 Å². The molecule has 0 aromatic carbocycles. The molecular weight excluding hydrogens is 398 g/mol. The summed E-state index contributed by atoms with van der Waals surface area (Å²) >= 11 is 2.86. The minimum atomic E-state index is -0.588. The van der Waals surface area contributed by atoms with Crippen LogP contribution in [0.4, 0.5) is 0 Å². The van der Waals surface area contributed by atoms with E-state index < -0.39 is 5.91 Å². The van der Waals surface area contributed by atoms with Crippen LogP contribution in [-0.2, 0) is 30.6 Å². The van der Waals surface area contributed by atoms with Crippen molar-refractivity contribution in [1.82, 2.24) is 20.3 Å². The molecule has 1 aliphatic rings. The van der Waals surface area contributed by atoms with Crippen LogP contribution in [0.1, 0.15) is 51.0 Å². The van der Waals surface area contributed by atoms with Crippen LogP contribution in [0.15, 0.2) is 10.2 Å². The van der Waals surface area contributed by atoms with E-state index in [2.05, 4.69) is 20.3 Å².